The molecule has 0 unspecified atom stereocenters. The van der Waals surface area contributed by atoms with E-state index >= 15 is 0 Å². The minimum Gasteiger partial charge on any atom is -0.493 e. The summed E-state index contributed by atoms with van der Waals surface area (Å²) >= 11 is 0. The summed E-state index contributed by atoms with van der Waals surface area (Å²) in [4.78, 5) is 18.6. The summed E-state index contributed by atoms with van der Waals surface area (Å²) in [5, 5.41) is 0. The van der Waals surface area contributed by atoms with Gasteiger partial charge in [-0.1, -0.05) is 12.2 Å². The lowest BCUT2D eigenvalue weighted by Gasteiger charge is -2.16. The molecular formula is C19H23O9P. The highest BCUT2D eigenvalue weighted by Crippen LogP contribution is 2.48. The van der Waals surface area contributed by atoms with Crippen LogP contribution in [0.15, 0.2) is 24.3 Å². The Bertz CT molecular complexity index is 909. The van der Waals surface area contributed by atoms with Crippen molar-refractivity contribution < 1.29 is 42.6 Å². The van der Waals surface area contributed by atoms with Gasteiger partial charge in [0.1, 0.15) is 0 Å². The number of hydrogen-bond donors (Lipinski definition) is 2. The van der Waals surface area contributed by atoms with Crippen molar-refractivity contribution in [2.24, 2.45) is 0 Å². The Morgan fingerprint density at radius 1 is 0.724 bits per heavy atom. The highest BCUT2D eigenvalue weighted by molar-refractivity contribution is 7.46. The standard InChI is InChI=1S/C19H23O9P/c1-23-14-9-8-13(17(19(14)27-5)28-29(20,21)22)7-6-12-10-15(24-2)18(26-4)16(11-12)25-3/h6-11H,1-5H3,(H2,20,21,22)/b7-6-. The van der Waals surface area contributed by atoms with Crippen molar-refractivity contribution in [1.82, 2.24) is 0 Å². The molecule has 2 N–H and O–H groups in total. The Balaban J connectivity index is 2.56. The highest BCUT2D eigenvalue weighted by atomic mass is 31.2. The number of hydrogen-bond acceptors (Lipinski definition) is 7. The maximum absolute atomic E-state index is 11.4. The molecule has 0 radical (unpaired) electrons. The smallest absolute Gasteiger partial charge is 0.493 e. The molecule has 0 atom stereocenters. The van der Waals surface area contributed by atoms with Crippen molar-refractivity contribution in [2.75, 3.05) is 35.5 Å². The van der Waals surface area contributed by atoms with E-state index in [2.05, 4.69) is 0 Å². The summed E-state index contributed by atoms with van der Waals surface area (Å²) in [7, 11) is 2.42. The second kappa shape index (κ2) is 9.56. The molecule has 158 valence electrons. The topological polar surface area (TPSA) is 113 Å². The summed E-state index contributed by atoms with van der Waals surface area (Å²) in [6.07, 6.45) is 3.30. The molecular weight excluding hydrogens is 403 g/mol. The average molecular weight is 426 g/mol. The van der Waals surface area contributed by atoms with Gasteiger partial charge in [0.25, 0.3) is 0 Å². The van der Waals surface area contributed by atoms with Crippen molar-refractivity contribution in [3.05, 3.63) is 35.4 Å². The van der Waals surface area contributed by atoms with E-state index in [1.165, 1.54) is 35.5 Å². The zero-order valence-electron chi connectivity index (χ0n) is 16.7. The lowest BCUT2D eigenvalue weighted by atomic mass is 10.1. The third-order valence-corrected chi connectivity index (χ3v) is 4.30. The van der Waals surface area contributed by atoms with Gasteiger partial charge >= 0.3 is 7.82 Å². The Hall–Kier alpha value is -2.87. The molecule has 0 aliphatic carbocycles. The fourth-order valence-corrected chi connectivity index (χ4v) is 3.07. The summed E-state index contributed by atoms with van der Waals surface area (Å²) in [5.41, 5.74) is 1.05. The maximum Gasteiger partial charge on any atom is 0.524 e. The van der Waals surface area contributed by atoms with Gasteiger partial charge in [0.15, 0.2) is 23.0 Å². The van der Waals surface area contributed by atoms with Crippen molar-refractivity contribution in [3.63, 3.8) is 0 Å². The predicted molar refractivity (Wildman–Crippen MR) is 107 cm³/mol. The molecule has 0 aliphatic rings. The van der Waals surface area contributed by atoms with E-state index in [-0.39, 0.29) is 17.2 Å². The zero-order valence-corrected chi connectivity index (χ0v) is 17.6. The van der Waals surface area contributed by atoms with Crippen LogP contribution in [0.5, 0.6) is 34.5 Å². The van der Waals surface area contributed by atoms with E-state index in [1.54, 1.807) is 36.4 Å². The number of phosphoric acid groups is 1. The number of rotatable bonds is 9. The fourth-order valence-electron chi connectivity index (χ4n) is 2.64. The minimum absolute atomic E-state index is 0.0582. The van der Waals surface area contributed by atoms with E-state index in [0.29, 0.717) is 28.4 Å². The van der Waals surface area contributed by atoms with Crippen LogP contribution in [0.25, 0.3) is 12.2 Å². The van der Waals surface area contributed by atoms with Crippen LogP contribution in [0.2, 0.25) is 0 Å². The van der Waals surface area contributed by atoms with Gasteiger partial charge in [-0.05, 0) is 29.8 Å². The molecule has 0 heterocycles. The van der Waals surface area contributed by atoms with Gasteiger partial charge in [-0.2, -0.15) is 0 Å². The van der Waals surface area contributed by atoms with Gasteiger partial charge in [0, 0.05) is 5.56 Å². The molecule has 0 aliphatic heterocycles. The Morgan fingerprint density at radius 2 is 1.28 bits per heavy atom. The molecule has 0 fully saturated rings. The monoisotopic (exact) mass is 426 g/mol. The summed E-state index contributed by atoms with van der Waals surface area (Å²) in [5.74, 6) is 1.55. The van der Waals surface area contributed by atoms with Crippen LogP contribution in [0.1, 0.15) is 11.1 Å². The van der Waals surface area contributed by atoms with Gasteiger partial charge in [0.05, 0.1) is 35.5 Å². The van der Waals surface area contributed by atoms with E-state index in [4.69, 9.17) is 28.2 Å². The lowest BCUT2D eigenvalue weighted by molar-refractivity contribution is 0.273. The van der Waals surface area contributed by atoms with Crippen LogP contribution in [-0.4, -0.2) is 45.3 Å². The number of phosphoric ester groups is 1. The van der Waals surface area contributed by atoms with Crippen molar-refractivity contribution in [2.45, 2.75) is 0 Å². The maximum atomic E-state index is 11.4. The highest BCUT2D eigenvalue weighted by Gasteiger charge is 2.24. The lowest BCUT2D eigenvalue weighted by Crippen LogP contribution is -1.99. The molecule has 0 saturated heterocycles. The molecule has 0 spiro atoms. The van der Waals surface area contributed by atoms with Crippen LogP contribution >= 0.6 is 7.82 Å². The SMILES string of the molecule is COc1cc(/C=C\c2ccc(OC)c(OC)c2OP(=O)(O)O)cc(OC)c1OC. The second-order valence-electron chi connectivity index (χ2n) is 5.59. The average Bonchev–Trinajstić information content (AvgIpc) is 2.70. The van der Waals surface area contributed by atoms with E-state index in [0.717, 1.165) is 0 Å². The third kappa shape index (κ3) is 5.35. The molecule has 0 bridgehead atoms. The molecule has 9 nitrogen and oxygen atoms in total. The Labute approximate surface area is 168 Å². The molecule has 29 heavy (non-hydrogen) atoms. The Morgan fingerprint density at radius 3 is 1.72 bits per heavy atom. The summed E-state index contributed by atoms with van der Waals surface area (Å²) in [6.45, 7) is 0. The molecule has 2 aromatic rings. The zero-order chi connectivity index (χ0) is 21.6. The Kier molecular flexibility index (Phi) is 7.39. The molecule has 10 heteroatoms. The minimum atomic E-state index is -4.84. The molecule has 0 saturated carbocycles. The molecule has 2 aromatic carbocycles. The van der Waals surface area contributed by atoms with Gasteiger partial charge < -0.3 is 28.2 Å². The fraction of sp³-hybridized carbons (Fsp3) is 0.263. The molecule has 0 amide bonds. The normalized spacial score (nSPS) is 11.3. The van der Waals surface area contributed by atoms with Gasteiger partial charge in [-0.25, -0.2) is 4.57 Å². The first-order chi connectivity index (χ1) is 13.8. The van der Waals surface area contributed by atoms with Crippen LogP contribution in [-0.2, 0) is 4.57 Å². The van der Waals surface area contributed by atoms with Crippen LogP contribution < -0.4 is 28.2 Å². The van der Waals surface area contributed by atoms with Gasteiger partial charge in [0.2, 0.25) is 11.5 Å². The number of methoxy groups -OCH3 is 5. The van der Waals surface area contributed by atoms with Crippen molar-refractivity contribution in [3.8, 4) is 34.5 Å². The first-order valence-electron chi connectivity index (χ1n) is 8.26. The number of benzene rings is 2. The molecule has 0 aromatic heterocycles. The summed E-state index contributed by atoms with van der Waals surface area (Å²) < 4.78 is 42.6. The third-order valence-electron chi connectivity index (χ3n) is 3.88. The molecule has 2 rings (SSSR count). The van der Waals surface area contributed by atoms with Crippen LogP contribution in [0.3, 0.4) is 0 Å². The van der Waals surface area contributed by atoms with Gasteiger partial charge in [-0.15, -0.1) is 0 Å². The van der Waals surface area contributed by atoms with Crippen molar-refractivity contribution in [1.29, 1.82) is 0 Å². The van der Waals surface area contributed by atoms with Gasteiger partial charge in [-0.3, -0.25) is 9.79 Å². The van der Waals surface area contributed by atoms with Crippen molar-refractivity contribution >= 4 is 20.0 Å². The van der Waals surface area contributed by atoms with E-state index in [9.17, 15) is 14.4 Å². The van der Waals surface area contributed by atoms with E-state index in [1.807, 2.05) is 0 Å². The number of ether oxygens (including phenoxy) is 5. The quantitative estimate of drug-likeness (QED) is 0.460. The summed E-state index contributed by atoms with van der Waals surface area (Å²) in [6, 6.07) is 6.63. The first-order valence-corrected chi connectivity index (χ1v) is 9.79. The second-order valence-corrected chi connectivity index (χ2v) is 6.76. The van der Waals surface area contributed by atoms with Crippen LogP contribution in [0.4, 0.5) is 0 Å². The predicted octanol–water partition coefficient (Wildman–Crippen LogP) is 3.37. The largest absolute Gasteiger partial charge is 0.524 e. The first kappa shape index (κ1) is 22.4. The van der Waals surface area contributed by atoms with Crippen LogP contribution in [0, 0.1) is 0 Å². The van der Waals surface area contributed by atoms with E-state index < -0.39 is 7.82 Å².